The van der Waals surface area contributed by atoms with E-state index in [1.54, 1.807) is 31.2 Å². The normalized spacial score (nSPS) is 12.0. The molecule has 1 aromatic carbocycles. The predicted octanol–water partition coefficient (Wildman–Crippen LogP) is 4.15. The molecule has 0 spiro atoms. The largest absolute Gasteiger partial charge is 0.462 e. The minimum Gasteiger partial charge on any atom is -0.462 e. The zero-order chi connectivity index (χ0) is 20.4. The van der Waals surface area contributed by atoms with Gasteiger partial charge in [-0.2, -0.15) is 0 Å². The van der Waals surface area contributed by atoms with Gasteiger partial charge in [0, 0.05) is 12.1 Å². The van der Waals surface area contributed by atoms with E-state index < -0.39 is 9.96 Å². The van der Waals surface area contributed by atoms with Gasteiger partial charge in [0.1, 0.15) is 6.17 Å². The standard InChI is InChI=1S/C17H22Cl3N3O3S/c1-3-5-10-26-14(25)11-6-8-12(9-7-11)21-16(27)23-15(17(18,19)20)22-13(24)4-2/h6-9,15H,3-5,10H2,1-2H3,(H,22,24)(H2,21,23,27). The summed E-state index contributed by atoms with van der Waals surface area (Å²) in [4.78, 5) is 23.4. The Labute approximate surface area is 179 Å². The Morgan fingerprint density at radius 3 is 2.30 bits per heavy atom. The molecular weight excluding hydrogens is 433 g/mol. The van der Waals surface area contributed by atoms with Crippen molar-refractivity contribution in [2.45, 2.75) is 43.1 Å². The summed E-state index contributed by atoms with van der Waals surface area (Å²) in [6, 6.07) is 6.56. The second kappa shape index (κ2) is 11.5. The summed E-state index contributed by atoms with van der Waals surface area (Å²) in [7, 11) is 0. The average molecular weight is 455 g/mol. The van der Waals surface area contributed by atoms with Crippen LogP contribution in [0.3, 0.4) is 0 Å². The van der Waals surface area contributed by atoms with E-state index in [0.717, 1.165) is 12.8 Å². The maximum atomic E-state index is 11.9. The summed E-state index contributed by atoms with van der Waals surface area (Å²) in [6.45, 7) is 4.09. The minimum absolute atomic E-state index is 0.140. The maximum Gasteiger partial charge on any atom is 0.338 e. The molecule has 0 aliphatic heterocycles. The molecule has 1 atom stereocenters. The van der Waals surface area contributed by atoms with E-state index in [4.69, 9.17) is 51.8 Å². The van der Waals surface area contributed by atoms with Gasteiger partial charge in [-0.25, -0.2) is 4.79 Å². The van der Waals surface area contributed by atoms with Crippen molar-refractivity contribution in [2.24, 2.45) is 0 Å². The third-order valence-corrected chi connectivity index (χ3v) is 4.21. The van der Waals surface area contributed by atoms with Gasteiger partial charge in [0.05, 0.1) is 12.2 Å². The molecule has 0 bridgehead atoms. The first-order valence-corrected chi connectivity index (χ1v) is 9.92. The van der Waals surface area contributed by atoms with E-state index in [1.165, 1.54) is 0 Å². The summed E-state index contributed by atoms with van der Waals surface area (Å²) >= 11 is 22.8. The van der Waals surface area contributed by atoms with Crippen LogP contribution in [0.4, 0.5) is 5.69 Å². The highest BCUT2D eigenvalue weighted by Crippen LogP contribution is 2.29. The van der Waals surface area contributed by atoms with Crippen molar-refractivity contribution < 1.29 is 14.3 Å². The lowest BCUT2D eigenvalue weighted by atomic mass is 10.2. The topological polar surface area (TPSA) is 79.5 Å². The highest BCUT2D eigenvalue weighted by molar-refractivity contribution is 7.80. The quantitative estimate of drug-likeness (QED) is 0.180. The molecule has 1 rings (SSSR count). The van der Waals surface area contributed by atoms with Crippen LogP contribution in [0, 0.1) is 0 Å². The highest BCUT2D eigenvalue weighted by Gasteiger charge is 2.34. The van der Waals surface area contributed by atoms with Crippen LogP contribution in [0.5, 0.6) is 0 Å². The molecule has 10 heteroatoms. The molecule has 0 aliphatic rings. The lowest BCUT2D eigenvalue weighted by Gasteiger charge is -2.27. The number of anilines is 1. The molecule has 1 unspecified atom stereocenters. The van der Waals surface area contributed by atoms with E-state index in [0.29, 0.717) is 17.9 Å². The Hall–Kier alpha value is -1.28. The van der Waals surface area contributed by atoms with Crippen molar-refractivity contribution >= 4 is 69.7 Å². The second-order valence-electron chi connectivity index (χ2n) is 5.56. The lowest BCUT2D eigenvalue weighted by molar-refractivity contribution is -0.121. The third-order valence-electron chi connectivity index (χ3n) is 3.34. The molecule has 150 valence electrons. The summed E-state index contributed by atoms with van der Waals surface area (Å²) in [6.07, 6.45) is 0.996. The number of carbonyl (C=O) groups excluding carboxylic acids is 2. The zero-order valence-electron chi connectivity index (χ0n) is 15.0. The third kappa shape index (κ3) is 8.97. The number of benzene rings is 1. The van der Waals surface area contributed by atoms with Gasteiger partial charge in [-0.15, -0.1) is 0 Å². The molecular formula is C17H22Cl3N3O3S. The van der Waals surface area contributed by atoms with Crippen molar-refractivity contribution in [1.29, 1.82) is 0 Å². The highest BCUT2D eigenvalue weighted by atomic mass is 35.6. The van der Waals surface area contributed by atoms with Crippen LogP contribution in [0.25, 0.3) is 0 Å². The van der Waals surface area contributed by atoms with Gasteiger partial charge < -0.3 is 20.7 Å². The monoisotopic (exact) mass is 453 g/mol. The fourth-order valence-electron chi connectivity index (χ4n) is 1.84. The first-order chi connectivity index (χ1) is 12.7. The van der Waals surface area contributed by atoms with Gasteiger partial charge in [0.2, 0.25) is 9.70 Å². The Morgan fingerprint density at radius 2 is 1.78 bits per heavy atom. The second-order valence-corrected chi connectivity index (χ2v) is 8.34. The molecule has 3 N–H and O–H groups in total. The molecule has 0 fully saturated rings. The minimum atomic E-state index is -1.80. The number of nitrogens with one attached hydrogen (secondary N) is 3. The van der Waals surface area contributed by atoms with E-state index in [-0.39, 0.29) is 23.4 Å². The Bertz CT molecular complexity index is 651. The number of carbonyl (C=O) groups is 2. The summed E-state index contributed by atoms with van der Waals surface area (Å²) in [5.74, 6) is -0.679. The van der Waals surface area contributed by atoms with Crippen LogP contribution in [0.15, 0.2) is 24.3 Å². The van der Waals surface area contributed by atoms with Crippen LogP contribution in [-0.4, -0.2) is 33.6 Å². The molecule has 27 heavy (non-hydrogen) atoms. The summed E-state index contributed by atoms with van der Waals surface area (Å²) in [5.41, 5.74) is 1.05. The number of hydrogen-bond acceptors (Lipinski definition) is 4. The van der Waals surface area contributed by atoms with E-state index in [1.807, 2.05) is 6.92 Å². The van der Waals surface area contributed by atoms with Crippen molar-refractivity contribution in [3.63, 3.8) is 0 Å². The number of rotatable bonds is 8. The molecule has 0 radical (unpaired) electrons. The van der Waals surface area contributed by atoms with Gasteiger partial charge in [0.25, 0.3) is 0 Å². The number of thiocarbonyl (C=S) groups is 1. The van der Waals surface area contributed by atoms with Crippen molar-refractivity contribution in [3.05, 3.63) is 29.8 Å². The molecule has 0 aliphatic carbocycles. The molecule has 1 amide bonds. The number of hydrogen-bond donors (Lipinski definition) is 3. The van der Waals surface area contributed by atoms with Crippen molar-refractivity contribution in [1.82, 2.24) is 10.6 Å². The molecule has 0 aromatic heterocycles. The fourth-order valence-corrected chi connectivity index (χ4v) is 2.41. The molecule has 0 saturated heterocycles. The smallest absolute Gasteiger partial charge is 0.338 e. The van der Waals surface area contributed by atoms with Crippen LogP contribution in [-0.2, 0) is 9.53 Å². The first kappa shape index (κ1) is 23.8. The SMILES string of the molecule is CCCCOC(=O)c1ccc(NC(=S)NC(NC(=O)CC)C(Cl)(Cl)Cl)cc1. The first-order valence-electron chi connectivity index (χ1n) is 8.38. The molecule has 1 aromatic rings. The number of halogens is 3. The van der Waals surface area contributed by atoms with Crippen LogP contribution in [0.2, 0.25) is 0 Å². The van der Waals surface area contributed by atoms with Crippen LogP contribution in [0.1, 0.15) is 43.5 Å². The summed E-state index contributed by atoms with van der Waals surface area (Å²) < 4.78 is 3.34. The Morgan fingerprint density at radius 1 is 1.15 bits per heavy atom. The van der Waals surface area contributed by atoms with E-state index in [2.05, 4.69) is 16.0 Å². The fraction of sp³-hybridized carbons (Fsp3) is 0.471. The van der Waals surface area contributed by atoms with E-state index >= 15 is 0 Å². The van der Waals surface area contributed by atoms with Gasteiger partial charge in [-0.3, -0.25) is 4.79 Å². The molecule has 0 heterocycles. The lowest BCUT2D eigenvalue weighted by Crippen LogP contribution is -2.56. The van der Waals surface area contributed by atoms with E-state index in [9.17, 15) is 9.59 Å². The van der Waals surface area contributed by atoms with Crippen molar-refractivity contribution in [2.75, 3.05) is 11.9 Å². The predicted molar refractivity (Wildman–Crippen MR) is 114 cm³/mol. The summed E-state index contributed by atoms with van der Waals surface area (Å²) in [5, 5.41) is 8.32. The van der Waals surface area contributed by atoms with Crippen LogP contribution < -0.4 is 16.0 Å². The van der Waals surface area contributed by atoms with Crippen molar-refractivity contribution in [3.8, 4) is 0 Å². The zero-order valence-corrected chi connectivity index (χ0v) is 18.1. The van der Waals surface area contributed by atoms with Gasteiger partial charge in [0.15, 0.2) is 5.11 Å². The number of ether oxygens (including phenoxy) is 1. The number of alkyl halides is 3. The van der Waals surface area contributed by atoms with Gasteiger partial charge >= 0.3 is 5.97 Å². The Kier molecular flexibility index (Phi) is 10.2. The molecule has 6 nitrogen and oxygen atoms in total. The Balaban J connectivity index is 2.65. The number of amides is 1. The van der Waals surface area contributed by atoms with Gasteiger partial charge in [-0.05, 0) is 42.9 Å². The van der Waals surface area contributed by atoms with Crippen LogP contribution >= 0.6 is 47.0 Å². The number of unbranched alkanes of at least 4 members (excludes halogenated alkanes) is 1. The van der Waals surface area contributed by atoms with Gasteiger partial charge in [-0.1, -0.05) is 55.1 Å². The average Bonchev–Trinajstić information content (AvgIpc) is 2.60. The number of esters is 1. The maximum absolute atomic E-state index is 11.9. The molecule has 0 saturated carbocycles.